The van der Waals surface area contributed by atoms with E-state index in [1.54, 1.807) is 6.92 Å². The minimum Gasteiger partial charge on any atom is -0.870 e. The summed E-state index contributed by atoms with van der Waals surface area (Å²) in [5.41, 5.74) is 0. The number of esters is 1. The third-order valence-electron chi connectivity index (χ3n) is 0.348. The minimum absolute atomic E-state index is 0. The number of hydrogen-bond donors (Lipinski definition) is 1. The van der Waals surface area contributed by atoms with Crippen molar-refractivity contribution in [2.75, 3.05) is 6.61 Å². The smallest absolute Gasteiger partial charge is 0.302 e. The van der Waals surface area contributed by atoms with Crippen LogP contribution in [0.4, 0.5) is 0 Å². The highest BCUT2D eigenvalue weighted by Gasteiger charge is 1.81. The van der Waals surface area contributed by atoms with E-state index < -0.39 is 0 Å². The normalized spacial score (nSPS) is 5.75. The van der Waals surface area contributed by atoms with Crippen LogP contribution in [-0.4, -0.2) is 18.1 Å². The third-order valence-corrected chi connectivity index (χ3v) is 0.348. The SMILES string of the molecule is CCOC(C)=O.[NH4+].[OH-]. The fraction of sp³-hybridized carbons (Fsp3) is 0.750. The molecule has 0 heterocycles. The molecular weight excluding hydrogens is 110 g/mol. The van der Waals surface area contributed by atoms with Gasteiger partial charge in [-0.1, -0.05) is 0 Å². The van der Waals surface area contributed by atoms with Crippen LogP contribution in [-0.2, 0) is 9.53 Å². The second-order valence-electron chi connectivity index (χ2n) is 0.925. The molecule has 0 amide bonds. The van der Waals surface area contributed by atoms with E-state index in [-0.39, 0.29) is 17.6 Å². The molecule has 0 radical (unpaired) electrons. The zero-order valence-corrected chi connectivity index (χ0v) is 5.47. The lowest BCUT2D eigenvalue weighted by molar-refractivity contribution is -0.140. The number of hydrogen-bond acceptors (Lipinski definition) is 3. The van der Waals surface area contributed by atoms with Crippen LogP contribution in [0.2, 0.25) is 0 Å². The molecule has 0 saturated carbocycles. The Labute approximate surface area is 48.7 Å². The van der Waals surface area contributed by atoms with E-state index in [9.17, 15) is 4.79 Å². The monoisotopic (exact) mass is 123 g/mol. The first-order valence-corrected chi connectivity index (χ1v) is 1.90. The Balaban J connectivity index is -0.000000125. The Hall–Kier alpha value is -0.610. The molecule has 0 rings (SSSR count). The quantitative estimate of drug-likeness (QED) is 0.522. The van der Waals surface area contributed by atoms with Gasteiger partial charge in [-0.05, 0) is 6.92 Å². The van der Waals surface area contributed by atoms with Crippen LogP contribution in [0.5, 0.6) is 0 Å². The molecule has 0 spiro atoms. The first kappa shape index (κ1) is 15.7. The first-order chi connectivity index (χ1) is 2.77. The van der Waals surface area contributed by atoms with Crippen molar-refractivity contribution in [3.8, 4) is 0 Å². The van der Waals surface area contributed by atoms with E-state index >= 15 is 0 Å². The van der Waals surface area contributed by atoms with Crippen molar-refractivity contribution in [1.29, 1.82) is 0 Å². The van der Waals surface area contributed by atoms with Crippen molar-refractivity contribution in [1.82, 2.24) is 6.15 Å². The van der Waals surface area contributed by atoms with E-state index in [4.69, 9.17) is 0 Å². The average Bonchev–Trinajstić information content (AvgIpc) is 1.35. The van der Waals surface area contributed by atoms with Crippen LogP contribution in [0.3, 0.4) is 0 Å². The zero-order chi connectivity index (χ0) is 4.99. The predicted octanol–water partition coefficient (Wildman–Crippen LogP) is 0.769. The fourth-order valence-electron chi connectivity index (χ4n) is 0.203. The Morgan fingerprint density at radius 1 is 1.62 bits per heavy atom. The largest absolute Gasteiger partial charge is 0.870 e. The second kappa shape index (κ2) is 9.63. The van der Waals surface area contributed by atoms with Gasteiger partial charge in [-0.15, -0.1) is 0 Å². The van der Waals surface area contributed by atoms with Crippen molar-refractivity contribution in [2.24, 2.45) is 0 Å². The molecule has 0 bridgehead atoms. The molecule has 0 aliphatic heterocycles. The van der Waals surface area contributed by atoms with Crippen LogP contribution in [0.15, 0.2) is 0 Å². The number of carbonyl (C=O) groups excluding carboxylic acids is 1. The van der Waals surface area contributed by atoms with Gasteiger partial charge in [-0.2, -0.15) is 0 Å². The predicted molar refractivity (Wildman–Crippen MR) is 30.2 cm³/mol. The van der Waals surface area contributed by atoms with Gasteiger partial charge in [-0.25, -0.2) is 0 Å². The summed E-state index contributed by atoms with van der Waals surface area (Å²) in [6, 6.07) is 0. The summed E-state index contributed by atoms with van der Waals surface area (Å²) in [6.45, 7) is 3.65. The van der Waals surface area contributed by atoms with Crippen LogP contribution in [0, 0.1) is 0 Å². The lowest BCUT2D eigenvalue weighted by Crippen LogP contribution is -1.95. The molecule has 0 fully saturated rings. The van der Waals surface area contributed by atoms with E-state index in [0.717, 1.165) is 0 Å². The van der Waals surface area contributed by atoms with Crippen molar-refractivity contribution < 1.29 is 15.0 Å². The molecule has 8 heavy (non-hydrogen) atoms. The van der Waals surface area contributed by atoms with Crippen LogP contribution in [0.1, 0.15) is 13.8 Å². The zero-order valence-electron chi connectivity index (χ0n) is 5.47. The number of rotatable bonds is 1. The van der Waals surface area contributed by atoms with E-state index in [2.05, 4.69) is 4.74 Å². The molecule has 0 aliphatic carbocycles. The number of ether oxygens (including phenoxy) is 1. The van der Waals surface area contributed by atoms with Gasteiger partial charge in [0.15, 0.2) is 0 Å². The lowest BCUT2D eigenvalue weighted by atomic mass is 10.8. The molecule has 0 unspecified atom stereocenters. The highest BCUT2D eigenvalue weighted by Crippen LogP contribution is 1.69. The lowest BCUT2D eigenvalue weighted by Gasteiger charge is -1.89. The van der Waals surface area contributed by atoms with E-state index in [1.807, 2.05) is 0 Å². The number of carbonyl (C=O) groups is 1. The Morgan fingerprint density at radius 3 is 2.00 bits per heavy atom. The number of quaternary nitrogens is 1. The van der Waals surface area contributed by atoms with Crippen molar-refractivity contribution in [2.45, 2.75) is 13.8 Å². The van der Waals surface area contributed by atoms with Gasteiger partial charge < -0.3 is 16.4 Å². The summed E-state index contributed by atoms with van der Waals surface area (Å²) in [5, 5.41) is 0. The van der Waals surface area contributed by atoms with E-state index in [1.165, 1.54) is 6.92 Å². The van der Waals surface area contributed by atoms with Crippen LogP contribution < -0.4 is 6.15 Å². The molecule has 0 aromatic heterocycles. The standard InChI is InChI=1S/C4H8O2.H3N.H2O/c1-3-6-4(2)5;;/h3H2,1-2H3;1H3;1H2. The molecule has 52 valence electrons. The Kier molecular flexibility index (Phi) is 18.9. The second-order valence-corrected chi connectivity index (χ2v) is 0.925. The highest BCUT2D eigenvalue weighted by atomic mass is 16.5. The molecule has 5 N–H and O–H groups in total. The molecular formula is C4H13NO3. The summed E-state index contributed by atoms with van der Waals surface area (Å²) in [4.78, 5) is 9.82. The van der Waals surface area contributed by atoms with Crippen LogP contribution in [0.25, 0.3) is 0 Å². The first-order valence-electron chi connectivity index (χ1n) is 1.90. The molecule has 4 heteroatoms. The maximum atomic E-state index is 9.82. The van der Waals surface area contributed by atoms with Crippen molar-refractivity contribution >= 4 is 5.97 Å². The Morgan fingerprint density at radius 2 is 2.00 bits per heavy atom. The molecule has 0 atom stereocenters. The summed E-state index contributed by atoms with van der Waals surface area (Å²) < 4.78 is 4.40. The fourth-order valence-corrected chi connectivity index (χ4v) is 0.203. The van der Waals surface area contributed by atoms with Gasteiger partial charge in [0, 0.05) is 6.92 Å². The average molecular weight is 123 g/mol. The Bertz CT molecular complexity index is 55.2. The molecule has 4 nitrogen and oxygen atoms in total. The molecule has 0 aromatic rings. The molecule has 0 aromatic carbocycles. The van der Waals surface area contributed by atoms with Gasteiger partial charge in [0.05, 0.1) is 6.61 Å². The van der Waals surface area contributed by atoms with Gasteiger partial charge >= 0.3 is 5.97 Å². The van der Waals surface area contributed by atoms with Gasteiger partial charge in [0.25, 0.3) is 0 Å². The molecule has 0 saturated heterocycles. The highest BCUT2D eigenvalue weighted by molar-refractivity contribution is 5.65. The van der Waals surface area contributed by atoms with Gasteiger partial charge in [0.2, 0.25) is 0 Å². The summed E-state index contributed by atoms with van der Waals surface area (Å²) in [6.07, 6.45) is 0. The summed E-state index contributed by atoms with van der Waals surface area (Å²) >= 11 is 0. The topological polar surface area (TPSA) is 92.8 Å². The van der Waals surface area contributed by atoms with Gasteiger partial charge in [0.1, 0.15) is 0 Å². The molecule has 0 aliphatic rings. The maximum absolute atomic E-state index is 9.82. The van der Waals surface area contributed by atoms with Crippen molar-refractivity contribution in [3.05, 3.63) is 0 Å². The van der Waals surface area contributed by atoms with Crippen molar-refractivity contribution in [3.63, 3.8) is 0 Å². The minimum atomic E-state index is -0.211. The van der Waals surface area contributed by atoms with E-state index in [0.29, 0.717) is 6.61 Å². The maximum Gasteiger partial charge on any atom is 0.302 e. The van der Waals surface area contributed by atoms with Gasteiger partial charge in [-0.3, -0.25) is 4.79 Å². The summed E-state index contributed by atoms with van der Waals surface area (Å²) in [5.74, 6) is -0.211. The third kappa shape index (κ3) is 18.2. The summed E-state index contributed by atoms with van der Waals surface area (Å²) in [7, 11) is 0. The van der Waals surface area contributed by atoms with Crippen LogP contribution >= 0.6 is 0 Å².